The van der Waals surface area contributed by atoms with E-state index in [-0.39, 0.29) is 37.5 Å². The van der Waals surface area contributed by atoms with Crippen molar-refractivity contribution in [2.45, 2.75) is 148 Å². The Morgan fingerprint density at radius 3 is 1.72 bits per heavy atom. The zero-order valence-corrected chi connectivity index (χ0v) is 34.3. The van der Waals surface area contributed by atoms with Crippen molar-refractivity contribution < 1.29 is 28.6 Å². The van der Waals surface area contributed by atoms with E-state index in [4.69, 9.17) is 14.2 Å². The molecule has 0 aliphatic heterocycles. The van der Waals surface area contributed by atoms with Crippen molar-refractivity contribution in [1.29, 1.82) is 0 Å². The first-order valence-electron chi connectivity index (χ1n) is 20.9. The van der Waals surface area contributed by atoms with Crippen LogP contribution in [-0.2, 0) is 35.0 Å². The lowest BCUT2D eigenvalue weighted by molar-refractivity contribution is -0.167. The molecule has 0 N–H and O–H groups in total. The van der Waals surface area contributed by atoms with Crippen LogP contribution in [-0.4, -0.2) is 42.6 Å². The van der Waals surface area contributed by atoms with E-state index in [0.717, 1.165) is 63.1 Å². The Labute approximate surface area is 332 Å². The van der Waals surface area contributed by atoms with Gasteiger partial charge >= 0.3 is 17.9 Å². The number of hydrogen-bond acceptors (Lipinski definition) is 6. The predicted octanol–water partition coefficient (Wildman–Crippen LogP) is 12.9. The van der Waals surface area contributed by atoms with Crippen LogP contribution >= 0.6 is 15.9 Å². The van der Waals surface area contributed by atoms with Crippen molar-refractivity contribution in [1.82, 2.24) is 0 Å². The van der Waals surface area contributed by atoms with E-state index in [1.54, 1.807) is 0 Å². The Kier molecular flexibility index (Phi) is 20.5. The molecule has 0 fully saturated rings. The Hall–Kier alpha value is -3.45. The Morgan fingerprint density at radius 2 is 1.09 bits per heavy atom. The zero-order chi connectivity index (χ0) is 38.2. The first-order valence-corrected chi connectivity index (χ1v) is 22.0. The van der Waals surface area contributed by atoms with Crippen LogP contribution in [0.3, 0.4) is 0 Å². The molecule has 0 heterocycles. The van der Waals surface area contributed by atoms with Crippen molar-refractivity contribution in [3.63, 3.8) is 0 Å². The summed E-state index contributed by atoms with van der Waals surface area (Å²) in [6, 6.07) is 19.4. The molecule has 0 saturated heterocycles. The number of benzene rings is 4. The minimum Gasteiger partial charge on any atom is -0.462 e. The first kappa shape index (κ1) is 43.3. The van der Waals surface area contributed by atoms with Crippen LogP contribution < -0.4 is 0 Å². The second kappa shape index (κ2) is 25.6. The van der Waals surface area contributed by atoms with Crippen LogP contribution in [0.5, 0.6) is 0 Å². The summed E-state index contributed by atoms with van der Waals surface area (Å²) >= 11 is 3.41. The van der Waals surface area contributed by atoms with Gasteiger partial charge in [-0.05, 0) is 95.7 Å². The average Bonchev–Trinajstić information content (AvgIpc) is 3.18. The highest BCUT2D eigenvalue weighted by molar-refractivity contribution is 9.09. The third-order valence-corrected chi connectivity index (χ3v) is 10.8. The van der Waals surface area contributed by atoms with Crippen molar-refractivity contribution in [3.8, 4) is 0 Å². The summed E-state index contributed by atoms with van der Waals surface area (Å²) in [4.78, 5) is 38.0. The molecular weight excluding hydrogens is 740 g/mol. The summed E-state index contributed by atoms with van der Waals surface area (Å²) < 4.78 is 16.7. The molecular formula is C47H63BrO6. The molecule has 0 spiro atoms. The number of esters is 3. The fraction of sp³-hybridized carbons (Fsp3) is 0.553. The number of alkyl halides is 1. The molecule has 1 atom stereocenters. The van der Waals surface area contributed by atoms with Gasteiger partial charge in [0.05, 0.1) is 0 Å². The smallest absolute Gasteiger partial charge is 0.306 e. The summed E-state index contributed by atoms with van der Waals surface area (Å²) in [5.41, 5.74) is 1.20. The van der Waals surface area contributed by atoms with Gasteiger partial charge in [0, 0.05) is 24.6 Å². The number of hydrogen-bond donors (Lipinski definition) is 0. The van der Waals surface area contributed by atoms with E-state index in [1.165, 1.54) is 89.2 Å². The molecule has 4 rings (SSSR count). The number of allylic oxidation sites excluding steroid dienone is 2. The molecule has 0 bridgehead atoms. The second-order valence-electron chi connectivity index (χ2n) is 14.7. The van der Waals surface area contributed by atoms with E-state index in [9.17, 15) is 14.4 Å². The lowest BCUT2D eigenvalue weighted by Gasteiger charge is -2.18. The lowest BCUT2D eigenvalue weighted by atomic mass is 9.90. The van der Waals surface area contributed by atoms with Crippen LogP contribution in [0.2, 0.25) is 0 Å². The highest BCUT2D eigenvalue weighted by atomic mass is 79.9. The molecule has 0 amide bonds. The molecule has 0 aliphatic rings. The van der Waals surface area contributed by atoms with Gasteiger partial charge < -0.3 is 14.2 Å². The SMILES string of the molecule is CCCCCCCC/C=C\CCCCCCCC(=O)OC[C@@H](COC(=O)CCCCCBr)OC(=O)CCCc1ccc2ccc3cccc4ccc1c2c34. The van der Waals surface area contributed by atoms with E-state index >= 15 is 0 Å². The fourth-order valence-electron chi connectivity index (χ4n) is 7.19. The fourth-order valence-corrected chi connectivity index (χ4v) is 7.59. The van der Waals surface area contributed by atoms with E-state index in [0.29, 0.717) is 19.3 Å². The molecule has 0 radical (unpaired) electrons. The highest BCUT2D eigenvalue weighted by Crippen LogP contribution is 2.36. The van der Waals surface area contributed by atoms with Crippen molar-refractivity contribution in [2.24, 2.45) is 0 Å². The number of carbonyl (C=O) groups excluding carboxylic acids is 3. The van der Waals surface area contributed by atoms with Gasteiger partial charge in [0.25, 0.3) is 0 Å². The molecule has 294 valence electrons. The lowest BCUT2D eigenvalue weighted by Crippen LogP contribution is -2.31. The number of ether oxygens (including phenoxy) is 3. The molecule has 4 aromatic rings. The predicted molar refractivity (Wildman–Crippen MR) is 227 cm³/mol. The van der Waals surface area contributed by atoms with Gasteiger partial charge in [0.2, 0.25) is 0 Å². The monoisotopic (exact) mass is 802 g/mol. The number of unbranched alkanes of at least 4 members (excludes halogenated alkanes) is 13. The maximum atomic E-state index is 13.0. The maximum Gasteiger partial charge on any atom is 0.306 e. The largest absolute Gasteiger partial charge is 0.462 e. The molecule has 7 heteroatoms. The molecule has 0 aliphatic carbocycles. The van der Waals surface area contributed by atoms with Crippen LogP contribution in [0.15, 0.2) is 66.7 Å². The third-order valence-electron chi connectivity index (χ3n) is 10.3. The molecule has 4 aromatic carbocycles. The molecule has 6 nitrogen and oxygen atoms in total. The summed E-state index contributed by atoms with van der Waals surface area (Å²) in [5, 5.41) is 8.33. The summed E-state index contributed by atoms with van der Waals surface area (Å²) in [6.45, 7) is 2.01. The van der Waals surface area contributed by atoms with Gasteiger partial charge in [-0.15, -0.1) is 0 Å². The van der Waals surface area contributed by atoms with Crippen LogP contribution in [0, 0.1) is 0 Å². The Morgan fingerprint density at radius 1 is 0.574 bits per heavy atom. The van der Waals surface area contributed by atoms with Crippen molar-refractivity contribution in [2.75, 3.05) is 18.5 Å². The normalized spacial score (nSPS) is 12.3. The standard InChI is InChI=1S/C47H63BrO6/c1-2-3-4-5-6-7-8-9-10-11-12-13-14-15-17-25-43(49)52-35-41(36-53-44(50)26-18-16-19-34-48)54-45(51)27-21-22-37-28-29-40-31-30-38-23-20-24-39-32-33-42(37)47(40)46(38)39/h9-10,20,23-24,28-33,41H,2-8,11-19,21-22,25-27,34-36H2,1H3/b10-9-/t41-/m0/s1. The average molecular weight is 804 g/mol. The van der Waals surface area contributed by atoms with Gasteiger partial charge in [-0.3, -0.25) is 14.4 Å². The van der Waals surface area contributed by atoms with Gasteiger partial charge in [0.1, 0.15) is 13.2 Å². The van der Waals surface area contributed by atoms with Crippen molar-refractivity contribution >= 4 is 66.2 Å². The van der Waals surface area contributed by atoms with Gasteiger partial charge in [-0.1, -0.05) is 147 Å². The van der Waals surface area contributed by atoms with Gasteiger partial charge in [-0.2, -0.15) is 0 Å². The first-order chi connectivity index (χ1) is 26.5. The highest BCUT2D eigenvalue weighted by Gasteiger charge is 2.20. The van der Waals surface area contributed by atoms with Gasteiger partial charge in [-0.25, -0.2) is 0 Å². The number of rotatable bonds is 29. The van der Waals surface area contributed by atoms with Crippen LogP contribution in [0.1, 0.15) is 141 Å². The van der Waals surface area contributed by atoms with Crippen LogP contribution in [0.25, 0.3) is 32.3 Å². The minimum atomic E-state index is -0.836. The quantitative estimate of drug-likeness (QED) is 0.0136. The second-order valence-corrected chi connectivity index (χ2v) is 15.5. The summed E-state index contributed by atoms with van der Waals surface area (Å²) in [7, 11) is 0. The van der Waals surface area contributed by atoms with E-state index < -0.39 is 6.10 Å². The summed E-state index contributed by atoms with van der Waals surface area (Å²) in [6.07, 6.45) is 24.2. The van der Waals surface area contributed by atoms with Crippen molar-refractivity contribution in [3.05, 3.63) is 72.3 Å². The van der Waals surface area contributed by atoms with Gasteiger partial charge in [0.15, 0.2) is 6.10 Å². The topological polar surface area (TPSA) is 78.9 Å². The Bertz CT molecular complexity index is 1700. The third kappa shape index (κ3) is 15.4. The number of carbonyl (C=O) groups is 3. The van der Waals surface area contributed by atoms with E-state index in [2.05, 4.69) is 89.6 Å². The van der Waals surface area contributed by atoms with Crippen LogP contribution in [0.4, 0.5) is 0 Å². The number of halogens is 1. The molecule has 0 saturated carbocycles. The van der Waals surface area contributed by atoms with E-state index in [1.807, 2.05) is 0 Å². The molecule has 0 aromatic heterocycles. The number of aryl methyl sites for hydroxylation is 1. The molecule has 54 heavy (non-hydrogen) atoms. The minimum absolute atomic E-state index is 0.123. The maximum absolute atomic E-state index is 13.0. The zero-order valence-electron chi connectivity index (χ0n) is 32.7. The molecule has 0 unspecified atom stereocenters. The Balaban J connectivity index is 1.16. The summed E-state index contributed by atoms with van der Waals surface area (Å²) in [5.74, 6) is -1.04.